The van der Waals surface area contributed by atoms with E-state index in [-0.39, 0.29) is 12.8 Å². The van der Waals surface area contributed by atoms with E-state index in [0.717, 1.165) is 11.3 Å². The third kappa shape index (κ3) is 3.80. The number of ether oxygens (including phenoxy) is 1. The van der Waals surface area contributed by atoms with Gasteiger partial charge in [0.05, 0.1) is 6.61 Å². The summed E-state index contributed by atoms with van der Waals surface area (Å²) in [6.07, 6.45) is -0.140. The fourth-order valence-corrected chi connectivity index (χ4v) is 2.30. The van der Waals surface area contributed by atoms with E-state index in [1.165, 1.54) is 0 Å². The molecule has 106 valence electrons. The number of alkyl halides is 2. The highest BCUT2D eigenvalue weighted by Gasteiger charge is 2.33. The van der Waals surface area contributed by atoms with Crippen molar-refractivity contribution in [2.45, 2.75) is 32.2 Å². The monoisotopic (exact) mass is 270 g/mol. The van der Waals surface area contributed by atoms with E-state index in [9.17, 15) is 8.78 Å². The maximum Gasteiger partial charge on any atom is 0.250 e. The molecule has 2 N–H and O–H groups in total. The maximum absolute atomic E-state index is 13.1. The first kappa shape index (κ1) is 14.1. The lowest BCUT2D eigenvalue weighted by atomic mass is 10.1. The highest BCUT2D eigenvalue weighted by molar-refractivity contribution is 5.47. The van der Waals surface area contributed by atoms with Crippen LogP contribution in [0.25, 0.3) is 0 Å². The summed E-state index contributed by atoms with van der Waals surface area (Å²) in [5.74, 6) is -1.72. The number of hydrogen-bond acceptors (Lipinski definition) is 3. The van der Waals surface area contributed by atoms with Gasteiger partial charge in [-0.05, 0) is 25.1 Å². The molecule has 1 aromatic carbocycles. The summed E-state index contributed by atoms with van der Waals surface area (Å²) in [5.41, 5.74) is 7.41. The summed E-state index contributed by atoms with van der Waals surface area (Å²) < 4.78 is 31.8. The van der Waals surface area contributed by atoms with Crippen molar-refractivity contribution in [3.05, 3.63) is 23.8 Å². The molecule has 0 unspecified atom stereocenters. The molecule has 0 amide bonds. The molecular weight excluding hydrogens is 250 g/mol. The minimum absolute atomic E-state index is 0.0702. The first-order valence-corrected chi connectivity index (χ1v) is 6.61. The van der Waals surface area contributed by atoms with Gasteiger partial charge in [-0.2, -0.15) is 0 Å². The van der Waals surface area contributed by atoms with Crippen LogP contribution in [-0.2, 0) is 6.54 Å². The van der Waals surface area contributed by atoms with Crippen molar-refractivity contribution < 1.29 is 13.5 Å². The van der Waals surface area contributed by atoms with Gasteiger partial charge in [0.25, 0.3) is 5.92 Å². The molecule has 3 nitrogen and oxygen atoms in total. The lowest BCUT2D eigenvalue weighted by Crippen LogP contribution is -2.38. The smallest absolute Gasteiger partial charge is 0.250 e. The summed E-state index contributed by atoms with van der Waals surface area (Å²) in [4.78, 5) is 2.02. The minimum Gasteiger partial charge on any atom is -0.494 e. The van der Waals surface area contributed by atoms with Crippen LogP contribution in [0.4, 0.5) is 14.5 Å². The second-order valence-electron chi connectivity index (χ2n) is 4.93. The van der Waals surface area contributed by atoms with Crippen LogP contribution < -0.4 is 10.5 Å². The van der Waals surface area contributed by atoms with Crippen LogP contribution in [0.5, 0.6) is 5.75 Å². The quantitative estimate of drug-likeness (QED) is 0.855. The molecule has 19 heavy (non-hydrogen) atoms. The molecule has 5 heteroatoms. The average Bonchev–Trinajstić information content (AvgIpc) is 2.35. The fraction of sp³-hybridized carbons (Fsp3) is 0.571. The average molecular weight is 270 g/mol. The molecule has 0 aromatic heterocycles. The minimum atomic E-state index is -2.50. The number of nitrogens with two attached hydrogens (primary N) is 1. The standard InChI is InChI=1S/C14H20F2N2O/c1-2-19-13-4-3-12(17)9-11(13)10-18-7-5-14(15,16)6-8-18/h3-4,9H,2,5-8,10,17H2,1H3. The molecular formula is C14H20F2N2O. The van der Waals surface area contributed by atoms with Crippen LogP contribution >= 0.6 is 0 Å². The van der Waals surface area contributed by atoms with E-state index in [0.29, 0.717) is 31.9 Å². The van der Waals surface area contributed by atoms with Gasteiger partial charge in [-0.25, -0.2) is 8.78 Å². The van der Waals surface area contributed by atoms with E-state index in [1.807, 2.05) is 24.0 Å². The van der Waals surface area contributed by atoms with E-state index < -0.39 is 5.92 Å². The molecule has 1 aliphatic heterocycles. The summed E-state index contributed by atoms with van der Waals surface area (Å²) in [7, 11) is 0. The molecule has 0 saturated carbocycles. The van der Waals surface area contributed by atoms with Gasteiger partial charge in [0, 0.05) is 43.7 Å². The molecule has 0 radical (unpaired) electrons. The van der Waals surface area contributed by atoms with Crippen molar-refractivity contribution in [3.63, 3.8) is 0 Å². The topological polar surface area (TPSA) is 38.5 Å². The molecule has 1 saturated heterocycles. The highest BCUT2D eigenvalue weighted by atomic mass is 19.3. The van der Waals surface area contributed by atoms with Gasteiger partial charge in [-0.3, -0.25) is 4.90 Å². The predicted molar refractivity (Wildman–Crippen MR) is 71.5 cm³/mol. The van der Waals surface area contributed by atoms with Crippen molar-refractivity contribution in [3.8, 4) is 5.75 Å². The van der Waals surface area contributed by atoms with Gasteiger partial charge in [0.2, 0.25) is 0 Å². The summed E-state index contributed by atoms with van der Waals surface area (Å²) >= 11 is 0. The van der Waals surface area contributed by atoms with E-state index in [4.69, 9.17) is 10.5 Å². The number of nitrogen functional groups attached to an aromatic ring is 1. The summed E-state index contributed by atoms with van der Waals surface area (Å²) in [5, 5.41) is 0. The lowest BCUT2D eigenvalue weighted by Gasteiger charge is -2.32. The number of anilines is 1. The number of likely N-dealkylation sites (tertiary alicyclic amines) is 1. The third-order valence-corrected chi connectivity index (χ3v) is 3.37. The van der Waals surface area contributed by atoms with Crippen LogP contribution in [0.15, 0.2) is 18.2 Å². The Bertz CT molecular complexity index is 427. The van der Waals surface area contributed by atoms with E-state index in [2.05, 4.69) is 0 Å². The molecule has 1 aromatic rings. The SMILES string of the molecule is CCOc1ccc(N)cc1CN1CCC(F)(F)CC1. The number of benzene rings is 1. The van der Waals surface area contributed by atoms with Gasteiger partial charge < -0.3 is 10.5 Å². The van der Waals surface area contributed by atoms with Crippen LogP contribution in [0.1, 0.15) is 25.3 Å². The number of nitrogens with zero attached hydrogens (tertiary/aromatic N) is 1. The number of piperidine rings is 1. The Balaban J connectivity index is 2.04. The Hall–Kier alpha value is -1.36. The summed E-state index contributed by atoms with van der Waals surface area (Å²) in [6.45, 7) is 3.92. The second kappa shape index (κ2) is 5.74. The fourth-order valence-electron chi connectivity index (χ4n) is 2.30. The Labute approximate surface area is 112 Å². The maximum atomic E-state index is 13.1. The highest BCUT2D eigenvalue weighted by Crippen LogP contribution is 2.30. The predicted octanol–water partition coefficient (Wildman–Crippen LogP) is 2.90. The number of halogens is 2. The van der Waals surface area contributed by atoms with E-state index >= 15 is 0 Å². The largest absolute Gasteiger partial charge is 0.494 e. The van der Waals surface area contributed by atoms with Crippen LogP contribution in [0.2, 0.25) is 0 Å². The molecule has 1 fully saturated rings. The Morgan fingerprint density at radius 1 is 1.32 bits per heavy atom. The molecule has 1 heterocycles. The number of hydrogen-bond donors (Lipinski definition) is 1. The second-order valence-corrected chi connectivity index (χ2v) is 4.93. The Morgan fingerprint density at radius 3 is 2.63 bits per heavy atom. The molecule has 2 rings (SSSR count). The first-order valence-electron chi connectivity index (χ1n) is 6.61. The van der Waals surface area contributed by atoms with Crippen molar-refractivity contribution in [2.75, 3.05) is 25.4 Å². The normalized spacial score (nSPS) is 19.3. The lowest BCUT2D eigenvalue weighted by molar-refractivity contribution is -0.0567. The van der Waals surface area contributed by atoms with Gasteiger partial charge in [-0.15, -0.1) is 0 Å². The van der Waals surface area contributed by atoms with Crippen LogP contribution in [-0.4, -0.2) is 30.5 Å². The molecule has 1 aliphatic rings. The van der Waals surface area contributed by atoms with Crippen molar-refractivity contribution in [1.29, 1.82) is 0 Å². The van der Waals surface area contributed by atoms with Gasteiger partial charge in [0.1, 0.15) is 5.75 Å². The zero-order valence-electron chi connectivity index (χ0n) is 11.2. The van der Waals surface area contributed by atoms with Crippen LogP contribution in [0, 0.1) is 0 Å². The molecule has 0 spiro atoms. The van der Waals surface area contributed by atoms with Gasteiger partial charge >= 0.3 is 0 Å². The first-order chi connectivity index (χ1) is 9.00. The number of rotatable bonds is 4. The van der Waals surface area contributed by atoms with Crippen molar-refractivity contribution >= 4 is 5.69 Å². The van der Waals surface area contributed by atoms with Gasteiger partial charge in [0.15, 0.2) is 0 Å². The third-order valence-electron chi connectivity index (χ3n) is 3.37. The van der Waals surface area contributed by atoms with Crippen molar-refractivity contribution in [1.82, 2.24) is 4.90 Å². The molecule has 0 atom stereocenters. The van der Waals surface area contributed by atoms with E-state index in [1.54, 1.807) is 6.07 Å². The Kier molecular flexibility index (Phi) is 4.24. The van der Waals surface area contributed by atoms with Crippen molar-refractivity contribution in [2.24, 2.45) is 0 Å². The zero-order chi connectivity index (χ0) is 13.9. The molecule has 0 aliphatic carbocycles. The zero-order valence-corrected chi connectivity index (χ0v) is 11.2. The van der Waals surface area contributed by atoms with Gasteiger partial charge in [-0.1, -0.05) is 0 Å². The molecule has 0 bridgehead atoms. The Morgan fingerprint density at radius 2 is 2.00 bits per heavy atom. The summed E-state index contributed by atoms with van der Waals surface area (Å²) in [6, 6.07) is 5.49. The van der Waals surface area contributed by atoms with Crippen LogP contribution in [0.3, 0.4) is 0 Å².